The molecule has 0 fully saturated rings. The number of thioether (sulfide) groups is 1. The molecule has 0 atom stereocenters. The smallest absolute Gasteiger partial charge is 0.271 e. The van der Waals surface area contributed by atoms with Crippen LogP contribution in [-0.4, -0.2) is 16.7 Å². The molecule has 0 bridgehead atoms. The van der Waals surface area contributed by atoms with Crippen LogP contribution in [0.25, 0.3) is 5.69 Å². The van der Waals surface area contributed by atoms with E-state index in [0.717, 1.165) is 34.1 Å². The third kappa shape index (κ3) is 6.17. The van der Waals surface area contributed by atoms with Crippen LogP contribution in [0.2, 0.25) is 10.0 Å². The van der Waals surface area contributed by atoms with Crippen LogP contribution in [0.5, 0.6) is 0 Å². The van der Waals surface area contributed by atoms with Gasteiger partial charge in [-0.3, -0.25) is 4.79 Å². The largest absolute Gasteiger partial charge is 0.316 e. The summed E-state index contributed by atoms with van der Waals surface area (Å²) in [4.78, 5) is 12.5. The number of carbonyl (C=O) groups excluding carboxylic acids is 1. The molecule has 1 N–H and O–H groups in total. The van der Waals surface area contributed by atoms with Gasteiger partial charge in [0, 0.05) is 34.0 Å². The molecule has 4 rings (SSSR count). The van der Waals surface area contributed by atoms with Gasteiger partial charge in [-0.1, -0.05) is 71.7 Å². The fourth-order valence-electron chi connectivity index (χ4n) is 3.79. The minimum Gasteiger partial charge on any atom is -0.316 e. The van der Waals surface area contributed by atoms with Crippen LogP contribution >= 0.6 is 35.0 Å². The highest BCUT2D eigenvalue weighted by molar-refractivity contribution is 7.97. The molecule has 0 aliphatic rings. The van der Waals surface area contributed by atoms with E-state index in [0.29, 0.717) is 15.6 Å². The van der Waals surface area contributed by atoms with Crippen molar-refractivity contribution in [3.63, 3.8) is 0 Å². The standard InChI is InChI=1S/C28H25Cl2N3OS/c1-19-15-24(20(2)33(19)26-10-6-9-25(29)27(26)30)16-31-32-28(34)23-13-11-22(12-14-23)18-35-17-21-7-4-3-5-8-21/h3-16H,17-18H2,1-2H3,(H,32,34)/b31-16-. The number of amides is 1. The second-order valence-corrected chi connectivity index (χ2v) is 9.88. The van der Waals surface area contributed by atoms with Crippen molar-refractivity contribution in [3.05, 3.63) is 123 Å². The van der Waals surface area contributed by atoms with Gasteiger partial charge in [0.1, 0.15) is 0 Å². The van der Waals surface area contributed by atoms with Crippen molar-refractivity contribution in [2.24, 2.45) is 5.10 Å². The first kappa shape index (κ1) is 25.1. The third-order valence-electron chi connectivity index (χ3n) is 5.61. The Bertz CT molecular complexity index is 1350. The third-order valence-corrected chi connectivity index (χ3v) is 7.49. The zero-order chi connectivity index (χ0) is 24.8. The number of aryl methyl sites for hydroxylation is 1. The van der Waals surface area contributed by atoms with E-state index >= 15 is 0 Å². The predicted molar refractivity (Wildman–Crippen MR) is 148 cm³/mol. The SMILES string of the molecule is Cc1cc(/C=N\NC(=O)c2ccc(CSCc3ccccc3)cc2)c(C)n1-c1cccc(Cl)c1Cl. The quantitative estimate of drug-likeness (QED) is 0.191. The molecule has 7 heteroatoms. The summed E-state index contributed by atoms with van der Waals surface area (Å²) in [5, 5.41) is 5.17. The molecule has 0 saturated carbocycles. The van der Waals surface area contributed by atoms with Gasteiger partial charge in [0.25, 0.3) is 5.91 Å². The summed E-state index contributed by atoms with van der Waals surface area (Å²) in [5.41, 5.74) is 9.29. The van der Waals surface area contributed by atoms with Crippen molar-refractivity contribution in [3.8, 4) is 5.69 Å². The second kappa shape index (κ2) is 11.6. The van der Waals surface area contributed by atoms with E-state index in [9.17, 15) is 4.79 Å². The molecule has 4 aromatic rings. The molecule has 0 radical (unpaired) electrons. The van der Waals surface area contributed by atoms with Crippen LogP contribution in [0.1, 0.15) is 38.4 Å². The number of nitrogens with one attached hydrogen (secondary N) is 1. The van der Waals surface area contributed by atoms with Gasteiger partial charge in [-0.2, -0.15) is 16.9 Å². The first-order valence-electron chi connectivity index (χ1n) is 11.1. The predicted octanol–water partition coefficient (Wildman–Crippen LogP) is 7.60. The lowest BCUT2D eigenvalue weighted by molar-refractivity contribution is 0.0955. The van der Waals surface area contributed by atoms with E-state index in [-0.39, 0.29) is 5.91 Å². The highest BCUT2D eigenvalue weighted by atomic mass is 35.5. The van der Waals surface area contributed by atoms with Gasteiger partial charge in [0.05, 0.1) is 21.9 Å². The number of hydrogen-bond acceptors (Lipinski definition) is 3. The van der Waals surface area contributed by atoms with Crippen molar-refractivity contribution in [1.29, 1.82) is 0 Å². The van der Waals surface area contributed by atoms with Gasteiger partial charge in [0.15, 0.2) is 0 Å². The van der Waals surface area contributed by atoms with Gasteiger partial charge >= 0.3 is 0 Å². The maximum Gasteiger partial charge on any atom is 0.271 e. The van der Waals surface area contributed by atoms with E-state index < -0.39 is 0 Å². The van der Waals surface area contributed by atoms with Crippen LogP contribution in [0.4, 0.5) is 0 Å². The van der Waals surface area contributed by atoms with Gasteiger partial charge in [-0.25, -0.2) is 5.43 Å². The van der Waals surface area contributed by atoms with E-state index in [1.54, 1.807) is 12.3 Å². The average Bonchev–Trinajstić information content (AvgIpc) is 3.14. The highest BCUT2D eigenvalue weighted by Crippen LogP contribution is 2.31. The highest BCUT2D eigenvalue weighted by Gasteiger charge is 2.14. The Morgan fingerprint density at radius 2 is 1.63 bits per heavy atom. The second-order valence-electron chi connectivity index (χ2n) is 8.11. The molecule has 0 saturated heterocycles. The maximum atomic E-state index is 12.5. The molecule has 0 aliphatic carbocycles. The molecule has 1 heterocycles. The Balaban J connectivity index is 1.36. The first-order chi connectivity index (χ1) is 16.9. The number of aromatic nitrogens is 1. The molecular weight excluding hydrogens is 497 g/mol. The van der Waals surface area contributed by atoms with Crippen LogP contribution in [-0.2, 0) is 11.5 Å². The molecule has 1 aromatic heterocycles. The van der Waals surface area contributed by atoms with Crippen molar-refractivity contribution in [1.82, 2.24) is 9.99 Å². The Morgan fingerprint density at radius 1 is 0.943 bits per heavy atom. The Morgan fingerprint density at radius 3 is 2.34 bits per heavy atom. The zero-order valence-corrected chi connectivity index (χ0v) is 21.8. The Hall–Kier alpha value is -2.99. The maximum absolute atomic E-state index is 12.5. The summed E-state index contributed by atoms with van der Waals surface area (Å²) in [5.74, 6) is 1.60. The Labute approximate surface area is 220 Å². The number of benzene rings is 3. The lowest BCUT2D eigenvalue weighted by atomic mass is 10.1. The number of rotatable bonds is 8. The lowest BCUT2D eigenvalue weighted by Gasteiger charge is -2.12. The van der Waals surface area contributed by atoms with Crippen molar-refractivity contribution in [2.45, 2.75) is 25.4 Å². The number of hydrogen-bond donors (Lipinski definition) is 1. The molecule has 1 amide bonds. The van der Waals surface area contributed by atoms with Crippen molar-refractivity contribution in [2.75, 3.05) is 0 Å². The van der Waals surface area contributed by atoms with Crippen molar-refractivity contribution >= 4 is 47.1 Å². The molecule has 3 aromatic carbocycles. The summed E-state index contributed by atoms with van der Waals surface area (Å²) >= 11 is 14.5. The molecule has 35 heavy (non-hydrogen) atoms. The number of hydrazone groups is 1. The van der Waals surface area contributed by atoms with E-state index in [1.807, 2.05) is 78.7 Å². The van der Waals surface area contributed by atoms with Crippen LogP contribution in [0, 0.1) is 13.8 Å². The van der Waals surface area contributed by atoms with Gasteiger partial charge < -0.3 is 4.57 Å². The fourth-order valence-corrected chi connectivity index (χ4v) is 5.13. The molecule has 0 aliphatic heterocycles. The van der Waals surface area contributed by atoms with Crippen LogP contribution in [0.15, 0.2) is 84.0 Å². The fraction of sp³-hybridized carbons (Fsp3) is 0.143. The molecule has 4 nitrogen and oxygen atoms in total. The topological polar surface area (TPSA) is 46.4 Å². The van der Waals surface area contributed by atoms with E-state index in [2.05, 4.69) is 34.8 Å². The minimum atomic E-state index is -0.253. The van der Waals surface area contributed by atoms with Crippen LogP contribution in [0.3, 0.4) is 0 Å². The first-order valence-corrected chi connectivity index (χ1v) is 13.0. The summed E-state index contributed by atoms with van der Waals surface area (Å²) < 4.78 is 2.02. The average molecular weight is 523 g/mol. The van der Waals surface area contributed by atoms with Crippen molar-refractivity contribution < 1.29 is 4.79 Å². The number of carbonyl (C=O) groups is 1. The zero-order valence-electron chi connectivity index (χ0n) is 19.5. The monoisotopic (exact) mass is 521 g/mol. The summed E-state index contributed by atoms with van der Waals surface area (Å²) in [6.07, 6.45) is 1.64. The summed E-state index contributed by atoms with van der Waals surface area (Å²) in [6.45, 7) is 3.96. The van der Waals surface area contributed by atoms with E-state index in [1.165, 1.54) is 11.1 Å². The summed E-state index contributed by atoms with van der Waals surface area (Å²) in [6, 6.07) is 25.6. The van der Waals surface area contributed by atoms with E-state index in [4.69, 9.17) is 23.2 Å². The normalized spacial score (nSPS) is 11.2. The number of nitrogens with zero attached hydrogens (tertiary/aromatic N) is 2. The van der Waals surface area contributed by atoms with Crippen LogP contribution < -0.4 is 5.43 Å². The van der Waals surface area contributed by atoms with Gasteiger partial charge in [-0.15, -0.1) is 0 Å². The molecule has 0 spiro atoms. The van der Waals surface area contributed by atoms with Gasteiger partial charge in [0.2, 0.25) is 0 Å². The molecular formula is C28H25Cl2N3OS. The molecule has 178 valence electrons. The summed E-state index contributed by atoms with van der Waals surface area (Å²) in [7, 11) is 0. The molecule has 0 unspecified atom stereocenters. The van der Waals surface area contributed by atoms with Gasteiger partial charge in [-0.05, 0) is 55.3 Å². The Kier molecular flexibility index (Phi) is 8.34. The minimum absolute atomic E-state index is 0.253. The lowest BCUT2D eigenvalue weighted by Crippen LogP contribution is -2.17. The number of halogens is 2.